The number of carbonyl (C=O) groups excluding carboxylic acids is 2. The average molecular weight is 569 g/mol. The molecule has 0 bridgehead atoms. The van der Waals surface area contributed by atoms with Gasteiger partial charge in [-0.15, -0.1) is 0 Å². The van der Waals surface area contributed by atoms with Crippen LogP contribution < -0.4 is 22.1 Å². The molecule has 0 unspecified atom stereocenters. The first-order valence-corrected chi connectivity index (χ1v) is 12.6. The van der Waals surface area contributed by atoms with Crippen molar-refractivity contribution in [3.63, 3.8) is 0 Å². The maximum atomic E-state index is 11.9. The third kappa shape index (κ3) is 7.20. The molecule has 2 aliphatic heterocycles. The fourth-order valence-electron chi connectivity index (χ4n) is 4.98. The second kappa shape index (κ2) is 13.4. The molecular weight excluding hydrogens is 528 g/mol. The van der Waals surface area contributed by atoms with Gasteiger partial charge in [0.2, 0.25) is 11.8 Å². The minimum atomic E-state index is -1.79. The summed E-state index contributed by atoms with van der Waals surface area (Å²) in [5.41, 5.74) is 12.1. The first-order valence-electron chi connectivity index (χ1n) is 12.6. The van der Waals surface area contributed by atoms with Crippen LogP contribution in [0.4, 0.5) is 0 Å². The highest BCUT2D eigenvalue weighted by Crippen LogP contribution is 2.32. The van der Waals surface area contributed by atoms with Crippen molar-refractivity contribution in [2.24, 2.45) is 11.5 Å². The molecule has 39 heavy (non-hydrogen) atoms. The Hall–Kier alpha value is -1.58. The predicted octanol–water partition coefficient (Wildman–Crippen LogP) is -6.94. The highest BCUT2D eigenvalue weighted by atomic mass is 16.7. The van der Waals surface area contributed by atoms with Gasteiger partial charge < -0.3 is 76.8 Å². The highest BCUT2D eigenvalue weighted by molar-refractivity contribution is 5.73. The lowest BCUT2D eigenvalue weighted by Gasteiger charge is -2.48. The van der Waals surface area contributed by atoms with Crippen molar-refractivity contribution in [1.82, 2.24) is 10.6 Å². The van der Waals surface area contributed by atoms with Crippen molar-refractivity contribution in [2.75, 3.05) is 13.2 Å². The Kier molecular flexibility index (Phi) is 11.0. The summed E-state index contributed by atoms with van der Waals surface area (Å²) in [6.45, 7) is 1.59. The molecule has 0 radical (unpaired) electrons. The van der Waals surface area contributed by atoms with Gasteiger partial charge in [-0.05, 0) is 6.42 Å². The summed E-state index contributed by atoms with van der Waals surface area (Å²) in [4.78, 5) is 23.2. The molecule has 1 aliphatic carbocycles. The fraction of sp³-hybridized carbons (Fsp3) is 0.909. The van der Waals surface area contributed by atoms with Crippen LogP contribution in [0.5, 0.6) is 0 Å². The van der Waals surface area contributed by atoms with Crippen molar-refractivity contribution in [3.8, 4) is 0 Å². The molecule has 0 aromatic heterocycles. The number of hydrogen-bond acceptors (Lipinski definition) is 15. The summed E-state index contributed by atoms with van der Waals surface area (Å²) in [6, 6.07) is -3.15. The molecule has 13 N–H and O–H groups in total. The number of ether oxygens (including phenoxy) is 4. The molecule has 2 heterocycles. The molecule has 15 atom stereocenters. The van der Waals surface area contributed by atoms with Gasteiger partial charge in [0.15, 0.2) is 12.6 Å². The molecule has 0 aromatic carbocycles. The first kappa shape index (κ1) is 31.9. The number of nitrogens with two attached hydrogens (primary N) is 2. The lowest BCUT2D eigenvalue weighted by Crippen LogP contribution is -2.69. The van der Waals surface area contributed by atoms with Gasteiger partial charge >= 0.3 is 0 Å². The molecule has 3 aliphatic rings. The zero-order chi connectivity index (χ0) is 29.2. The normalized spacial score (nSPS) is 46.9. The van der Waals surface area contributed by atoms with E-state index in [2.05, 4.69) is 10.6 Å². The molecule has 17 heteroatoms. The van der Waals surface area contributed by atoms with Crippen LogP contribution in [-0.2, 0) is 28.5 Å². The summed E-state index contributed by atoms with van der Waals surface area (Å²) in [5, 5.41) is 77.4. The quantitative estimate of drug-likeness (QED) is 0.130. The maximum Gasteiger partial charge on any atom is 0.217 e. The summed E-state index contributed by atoms with van der Waals surface area (Å²) < 4.78 is 22.6. The number of aliphatic hydroxyl groups is 7. The largest absolute Gasteiger partial charge is 0.394 e. The topological polar surface area (TPSA) is 289 Å². The van der Waals surface area contributed by atoms with Crippen LogP contribution >= 0.6 is 0 Å². The third-order valence-corrected chi connectivity index (χ3v) is 7.15. The van der Waals surface area contributed by atoms with Gasteiger partial charge in [-0.1, -0.05) is 0 Å². The second-order valence-corrected chi connectivity index (χ2v) is 10.1. The first-order chi connectivity index (χ1) is 18.3. The number of aliphatic hydroxyl groups excluding tert-OH is 7. The molecule has 3 rings (SSSR count). The van der Waals surface area contributed by atoms with Gasteiger partial charge in [-0.25, -0.2) is 0 Å². The van der Waals surface area contributed by atoms with E-state index in [0.29, 0.717) is 0 Å². The Morgan fingerprint density at radius 1 is 0.795 bits per heavy atom. The van der Waals surface area contributed by atoms with Crippen molar-refractivity contribution in [1.29, 1.82) is 0 Å². The minimum absolute atomic E-state index is 0.0315. The van der Waals surface area contributed by atoms with Crippen LogP contribution in [0, 0.1) is 0 Å². The van der Waals surface area contributed by atoms with Crippen molar-refractivity contribution in [2.45, 2.75) is 112 Å². The Morgan fingerprint density at radius 2 is 1.38 bits per heavy atom. The zero-order valence-electron chi connectivity index (χ0n) is 21.5. The van der Waals surface area contributed by atoms with Crippen molar-refractivity contribution in [3.05, 3.63) is 0 Å². The van der Waals surface area contributed by atoms with Crippen LogP contribution in [0.2, 0.25) is 0 Å². The number of rotatable bonds is 8. The molecule has 17 nitrogen and oxygen atoms in total. The van der Waals surface area contributed by atoms with Crippen LogP contribution in [0.1, 0.15) is 20.3 Å². The minimum Gasteiger partial charge on any atom is -0.394 e. The zero-order valence-corrected chi connectivity index (χ0v) is 21.5. The maximum absolute atomic E-state index is 11.9. The van der Waals surface area contributed by atoms with E-state index in [-0.39, 0.29) is 13.0 Å². The summed E-state index contributed by atoms with van der Waals surface area (Å²) in [7, 11) is 0. The number of carbonyl (C=O) groups is 2. The monoisotopic (exact) mass is 568 g/mol. The van der Waals surface area contributed by atoms with Gasteiger partial charge in [-0.3, -0.25) is 9.59 Å². The SMILES string of the molecule is CC(=O)NC[C@H]1O[C@@H](O[C@@H]2[C@@H](O)[C@H](O[C@H]3O[C@H](CO)[C@H](O)[C@@H](N)[C@H]3O)[C@@H](N)C[C@H]2NC(C)=O)[C@H](O)[C@@H](O)[C@@H]1O. The predicted molar refractivity (Wildman–Crippen MR) is 127 cm³/mol. The standard InChI is InChI=1S/C22H40N4O13/c1-6(28)25-4-10-14(31)16(33)17(34)22(36-10)39-20-9(26-7(2)29)3-8(23)19(18(20)35)38-21-15(32)12(24)13(30)11(5-27)37-21/h8-22,27,30-35H,3-5,23-24H2,1-2H3,(H,25,28)(H,26,29)/t8-,9+,10+,11+,12+,13-,14+,15+,16-,17+,18-,19+,20-,21+,22-/m0/s1. The summed E-state index contributed by atoms with van der Waals surface area (Å²) in [5.74, 6) is -0.928. The van der Waals surface area contributed by atoms with E-state index < -0.39 is 110 Å². The fourth-order valence-corrected chi connectivity index (χ4v) is 4.98. The van der Waals surface area contributed by atoms with Crippen LogP contribution in [0.3, 0.4) is 0 Å². The molecule has 0 spiro atoms. The summed E-state index contributed by atoms with van der Waals surface area (Å²) in [6.07, 6.45) is -18.0. The average Bonchev–Trinajstić information content (AvgIpc) is 2.87. The van der Waals surface area contributed by atoms with Gasteiger partial charge in [0.25, 0.3) is 0 Å². The van der Waals surface area contributed by atoms with E-state index >= 15 is 0 Å². The van der Waals surface area contributed by atoms with Gasteiger partial charge in [-0.2, -0.15) is 0 Å². The van der Waals surface area contributed by atoms with Gasteiger partial charge in [0, 0.05) is 26.4 Å². The number of amides is 2. The van der Waals surface area contributed by atoms with E-state index in [0.717, 1.165) is 0 Å². The molecule has 226 valence electrons. The smallest absolute Gasteiger partial charge is 0.217 e. The van der Waals surface area contributed by atoms with Crippen molar-refractivity contribution >= 4 is 11.8 Å². The van der Waals surface area contributed by atoms with Crippen LogP contribution in [-0.4, -0.2) is 152 Å². The number of nitrogens with one attached hydrogen (secondary N) is 2. The van der Waals surface area contributed by atoms with E-state index in [4.69, 9.17) is 30.4 Å². The molecule has 3 fully saturated rings. The Labute approximate surface area is 224 Å². The van der Waals surface area contributed by atoms with Gasteiger partial charge in [0.05, 0.1) is 18.7 Å². The highest BCUT2D eigenvalue weighted by Gasteiger charge is 2.52. The Bertz CT molecular complexity index is 840. The third-order valence-electron chi connectivity index (χ3n) is 7.15. The molecule has 1 saturated carbocycles. The van der Waals surface area contributed by atoms with Gasteiger partial charge in [0.1, 0.15) is 61.0 Å². The molecule has 2 saturated heterocycles. The Balaban J connectivity index is 1.81. The lowest BCUT2D eigenvalue weighted by atomic mass is 9.83. The number of hydrogen-bond donors (Lipinski definition) is 11. The van der Waals surface area contributed by atoms with Crippen LogP contribution in [0.15, 0.2) is 0 Å². The molecule has 0 aromatic rings. The lowest BCUT2D eigenvalue weighted by molar-refractivity contribution is -0.333. The van der Waals surface area contributed by atoms with E-state index in [9.17, 15) is 45.3 Å². The molecule has 2 amide bonds. The summed E-state index contributed by atoms with van der Waals surface area (Å²) >= 11 is 0. The molecular formula is C22H40N4O13. The van der Waals surface area contributed by atoms with Crippen molar-refractivity contribution < 1.29 is 64.3 Å². The Morgan fingerprint density at radius 3 is 1.97 bits per heavy atom. The second-order valence-electron chi connectivity index (χ2n) is 10.1. The van der Waals surface area contributed by atoms with Crippen LogP contribution in [0.25, 0.3) is 0 Å². The van der Waals surface area contributed by atoms with E-state index in [1.54, 1.807) is 0 Å². The van der Waals surface area contributed by atoms with E-state index in [1.165, 1.54) is 13.8 Å². The van der Waals surface area contributed by atoms with E-state index in [1.807, 2.05) is 0 Å².